The van der Waals surface area contributed by atoms with Crippen LogP contribution in [0.3, 0.4) is 0 Å². The highest BCUT2D eigenvalue weighted by Crippen LogP contribution is 2.23. The zero-order valence-electron chi connectivity index (χ0n) is 13.8. The number of rotatable bonds is 7. The fourth-order valence-corrected chi connectivity index (χ4v) is 3.84. The summed E-state index contributed by atoms with van der Waals surface area (Å²) in [5.74, 6) is 0.0113. The van der Waals surface area contributed by atoms with Gasteiger partial charge >= 0.3 is 0 Å². The number of thiophene rings is 1. The Morgan fingerprint density at radius 3 is 3.12 bits per heavy atom. The van der Waals surface area contributed by atoms with Gasteiger partial charge in [-0.2, -0.15) is 5.10 Å². The van der Waals surface area contributed by atoms with Crippen molar-refractivity contribution in [2.45, 2.75) is 38.0 Å². The van der Waals surface area contributed by atoms with Crippen molar-refractivity contribution in [1.29, 1.82) is 0 Å². The zero-order chi connectivity index (χ0) is 16.9. The van der Waals surface area contributed by atoms with Crippen LogP contribution in [0.25, 0.3) is 0 Å². The molecule has 24 heavy (non-hydrogen) atoms. The van der Waals surface area contributed by atoms with E-state index >= 15 is 0 Å². The summed E-state index contributed by atoms with van der Waals surface area (Å²) >= 11 is 1.69. The molecule has 3 heterocycles. The van der Waals surface area contributed by atoms with E-state index in [2.05, 4.69) is 21.4 Å². The molecule has 130 valence electrons. The van der Waals surface area contributed by atoms with E-state index in [1.165, 1.54) is 4.88 Å². The van der Waals surface area contributed by atoms with Crippen molar-refractivity contribution in [3.05, 3.63) is 40.3 Å². The minimum absolute atomic E-state index is 0.0113. The van der Waals surface area contributed by atoms with Gasteiger partial charge in [0.05, 0.1) is 6.20 Å². The van der Waals surface area contributed by atoms with Crippen LogP contribution in [-0.2, 0) is 24.8 Å². The van der Waals surface area contributed by atoms with Gasteiger partial charge in [-0.25, -0.2) is 4.39 Å². The van der Waals surface area contributed by atoms with E-state index < -0.39 is 6.17 Å². The summed E-state index contributed by atoms with van der Waals surface area (Å²) in [5.41, 5.74) is 1.05. The standard InChI is InChI=1S/C17H23FN4OS/c1-21-10-13(8-20-21)4-5-17(23)19-9-15-7-14(18)11-22(15)12-16-3-2-6-24-16/h2-3,6,8,10,14-15H,4-5,7,9,11-12H2,1H3,(H,19,23)/t14-,15-/m0/s1. The summed E-state index contributed by atoms with van der Waals surface area (Å²) in [6, 6.07) is 4.15. The topological polar surface area (TPSA) is 50.2 Å². The third kappa shape index (κ3) is 4.64. The van der Waals surface area contributed by atoms with Gasteiger partial charge in [0.2, 0.25) is 5.91 Å². The molecule has 0 saturated carbocycles. The number of carbonyl (C=O) groups excluding carboxylic acids is 1. The molecule has 2 aromatic rings. The fourth-order valence-electron chi connectivity index (χ4n) is 3.11. The second-order valence-electron chi connectivity index (χ2n) is 6.32. The molecule has 5 nitrogen and oxygen atoms in total. The van der Waals surface area contributed by atoms with Gasteiger partial charge in [-0.15, -0.1) is 11.3 Å². The van der Waals surface area contributed by atoms with E-state index in [0.29, 0.717) is 32.4 Å². The van der Waals surface area contributed by atoms with Crippen LogP contribution in [0.15, 0.2) is 29.9 Å². The monoisotopic (exact) mass is 350 g/mol. The quantitative estimate of drug-likeness (QED) is 0.832. The van der Waals surface area contributed by atoms with E-state index in [9.17, 15) is 9.18 Å². The van der Waals surface area contributed by atoms with Gasteiger partial charge in [-0.3, -0.25) is 14.4 Å². The maximum absolute atomic E-state index is 13.8. The Labute approximate surface area is 145 Å². The van der Waals surface area contributed by atoms with Crippen LogP contribution in [0.1, 0.15) is 23.3 Å². The fraction of sp³-hybridized carbons (Fsp3) is 0.529. The summed E-state index contributed by atoms with van der Waals surface area (Å²) in [5, 5.41) is 9.09. The average molecular weight is 350 g/mol. The molecule has 0 unspecified atom stereocenters. The molecular formula is C17H23FN4OS. The number of likely N-dealkylation sites (tertiary alicyclic amines) is 1. The summed E-state index contributed by atoms with van der Waals surface area (Å²) < 4.78 is 15.5. The van der Waals surface area contributed by atoms with Gasteiger partial charge in [-0.05, 0) is 29.9 Å². The first-order chi connectivity index (χ1) is 11.6. The lowest BCUT2D eigenvalue weighted by molar-refractivity contribution is -0.121. The van der Waals surface area contributed by atoms with Gasteiger partial charge in [0.25, 0.3) is 0 Å². The van der Waals surface area contributed by atoms with Crippen LogP contribution in [-0.4, -0.2) is 45.9 Å². The highest BCUT2D eigenvalue weighted by Gasteiger charge is 2.32. The van der Waals surface area contributed by atoms with Crippen LogP contribution >= 0.6 is 11.3 Å². The number of hydrogen-bond acceptors (Lipinski definition) is 4. The molecule has 0 radical (unpaired) electrons. The Balaban J connectivity index is 1.44. The first-order valence-electron chi connectivity index (χ1n) is 8.25. The molecule has 1 saturated heterocycles. The summed E-state index contributed by atoms with van der Waals surface area (Å²) in [4.78, 5) is 15.4. The van der Waals surface area contributed by atoms with E-state index in [-0.39, 0.29) is 11.9 Å². The van der Waals surface area contributed by atoms with Crippen molar-refractivity contribution in [3.8, 4) is 0 Å². The van der Waals surface area contributed by atoms with Gasteiger partial charge in [0.1, 0.15) is 6.17 Å². The Bertz CT molecular complexity index is 657. The normalized spacial score (nSPS) is 21.2. The Hall–Kier alpha value is -1.73. The number of alkyl halides is 1. The second-order valence-corrected chi connectivity index (χ2v) is 7.35. The van der Waals surface area contributed by atoms with Crippen LogP contribution in [0.4, 0.5) is 4.39 Å². The van der Waals surface area contributed by atoms with Crippen LogP contribution in [0, 0.1) is 0 Å². The van der Waals surface area contributed by atoms with Gasteiger partial charge in [0, 0.05) is 50.2 Å². The maximum Gasteiger partial charge on any atom is 0.220 e. The Kier molecular flexibility index (Phi) is 5.63. The highest BCUT2D eigenvalue weighted by molar-refractivity contribution is 7.09. The molecule has 3 rings (SSSR count). The third-order valence-electron chi connectivity index (χ3n) is 4.35. The second kappa shape index (κ2) is 7.90. The minimum atomic E-state index is -0.803. The van der Waals surface area contributed by atoms with E-state index in [4.69, 9.17) is 0 Å². The molecule has 0 aromatic carbocycles. The zero-order valence-corrected chi connectivity index (χ0v) is 14.6. The van der Waals surface area contributed by atoms with Crippen molar-refractivity contribution >= 4 is 17.2 Å². The van der Waals surface area contributed by atoms with E-state index in [1.807, 2.05) is 24.7 Å². The van der Waals surface area contributed by atoms with E-state index in [0.717, 1.165) is 12.1 Å². The first kappa shape index (κ1) is 17.1. The number of halogens is 1. The van der Waals surface area contributed by atoms with Gasteiger partial charge in [-0.1, -0.05) is 6.07 Å². The van der Waals surface area contributed by atoms with E-state index in [1.54, 1.807) is 22.2 Å². The van der Waals surface area contributed by atoms with Crippen LogP contribution < -0.4 is 5.32 Å². The molecule has 1 fully saturated rings. The third-order valence-corrected chi connectivity index (χ3v) is 5.21. The number of nitrogens with zero attached hydrogens (tertiary/aromatic N) is 3. The molecule has 2 atom stereocenters. The van der Waals surface area contributed by atoms with Gasteiger partial charge in [0.15, 0.2) is 0 Å². The number of nitrogens with one attached hydrogen (secondary N) is 1. The summed E-state index contributed by atoms with van der Waals surface area (Å²) in [7, 11) is 1.86. The lowest BCUT2D eigenvalue weighted by Gasteiger charge is -2.23. The van der Waals surface area contributed by atoms with Crippen molar-refractivity contribution in [2.24, 2.45) is 7.05 Å². The molecule has 1 amide bonds. The smallest absolute Gasteiger partial charge is 0.220 e. The molecule has 0 aliphatic carbocycles. The van der Waals surface area contributed by atoms with Crippen molar-refractivity contribution in [1.82, 2.24) is 20.0 Å². The molecule has 1 N–H and O–H groups in total. The predicted molar refractivity (Wildman–Crippen MR) is 92.6 cm³/mol. The molecule has 1 aliphatic heterocycles. The highest BCUT2D eigenvalue weighted by atomic mass is 32.1. The maximum atomic E-state index is 13.8. The van der Waals surface area contributed by atoms with Gasteiger partial charge < -0.3 is 5.32 Å². The number of hydrogen-bond donors (Lipinski definition) is 1. The molecular weight excluding hydrogens is 327 g/mol. The van der Waals surface area contributed by atoms with Crippen molar-refractivity contribution in [2.75, 3.05) is 13.1 Å². The Morgan fingerprint density at radius 1 is 1.54 bits per heavy atom. The van der Waals surface area contributed by atoms with Crippen molar-refractivity contribution in [3.63, 3.8) is 0 Å². The average Bonchev–Trinajstić information content (AvgIpc) is 3.26. The molecule has 2 aromatic heterocycles. The lowest BCUT2D eigenvalue weighted by atomic mass is 10.1. The minimum Gasteiger partial charge on any atom is -0.355 e. The Morgan fingerprint density at radius 2 is 2.42 bits per heavy atom. The lowest BCUT2D eigenvalue weighted by Crippen LogP contribution is -2.39. The van der Waals surface area contributed by atoms with Crippen LogP contribution in [0.2, 0.25) is 0 Å². The molecule has 7 heteroatoms. The number of aromatic nitrogens is 2. The summed E-state index contributed by atoms with van der Waals surface area (Å²) in [6.45, 7) is 1.72. The molecule has 0 bridgehead atoms. The largest absolute Gasteiger partial charge is 0.355 e. The first-order valence-corrected chi connectivity index (χ1v) is 9.13. The molecule has 1 aliphatic rings. The van der Waals surface area contributed by atoms with Crippen LogP contribution in [0.5, 0.6) is 0 Å². The number of carbonyl (C=O) groups is 1. The predicted octanol–water partition coefficient (Wildman–Crippen LogP) is 2.14. The number of amides is 1. The van der Waals surface area contributed by atoms with Crippen molar-refractivity contribution < 1.29 is 9.18 Å². The SMILES string of the molecule is Cn1cc(CCC(=O)NC[C@@H]2C[C@H](F)CN2Cc2cccs2)cn1. The summed E-state index contributed by atoms with van der Waals surface area (Å²) in [6.07, 6.45) is 4.50. The number of aryl methyl sites for hydroxylation is 2. The molecule has 0 spiro atoms.